The molecule has 4 bridgehead atoms. The maximum absolute atomic E-state index is 2.53. The lowest BCUT2D eigenvalue weighted by Crippen LogP contribution is -2.56. The summed E-state index contributed by atoms with van der Waals surface area (Å²) in [5.41, 5.74) is 9.53. The van der Waals surface area contributed by atoms with Crippen molar-refractivity contribution in [1.29, 1.82) is 0 Å². The van der Waals surface area contributed by atoms with E-state index in [1.54, 1.807) is 22.3 Å². The lowest BCUT2D eigenvalue weighted by Gasteiger charge is -2.62. The van der Waals surface area contributed by atoms with Crippen LogP contribution in [0.2, 0.25) is 0 Å². The monoisotopic (exact) mass is 426 g/mol. The second-order valence-electron chi connectivity index (χ2n) is 11.4. The van der Waals surface area contributed by atoms with Crippen LogP contribution in [0.1, 0.15) is 54.4 Å². The molecule has 0 unspecified atom stereocenters. The fraction of sp³-hybridized carbons (Fsp3) is 0.333. The normalized spacial score (nSPS) is 31.0. The topological polar surface area (TPSA) is 0 Å². The number of rotatable bonds is 2. The predicted molar refractivity (Wildman–Crippen MR) is 136 cm³/mol. The quantitative estimate of drug-likeness (QED) is 0.267. The highest BCUT2D eigenvalue weighted by Gasteiger charge is 2.59. The van der Waals surface area contributed by atoms with E-state index < -0.39 is 0 Å². The highest BCUT2D eigenvalue weighted by Crippen LogP contribution is 2.67. The van der Waals surface area contributed by atoms with Crippen LogP contribution in [0.5, 0.6) is 0 Å². The van der Waals surface area contributed by atoms with Crippen molar-refractivity contribution in [2.45, 2.75) is 43.9 Å². The molecule has 0 saturated heterocycles. The Labute approximate surface area is 196 Å². The largest absolute Gasteiger partial charge is 0.0619 e. The Bertz CT molecular complexity index is 1370. The van der Waals surface area contributed by atoms with Gasteiger partial charge in [0.2, 0.25) is 0 Å². The Morgan fingerprint density at radius 1 is 0.545 bits per heavy atom. The second-order valence-corrected chi connectivity index (χ2v) is 11.4. The molecule has 4 aromatic rings. The van der Waals surface area contributed by atoms with E-state index in [9.17, 15) is 0 Å². The summed E-state index contributed by atoms with van der Waals surface area (Å²) < 4.78 is 0. The van der Waals surface area contributed by atoms with Crippen molar-refractivity contribution < 1.29 is 0 Å². The minimum atomic E-state index is 0.136. The van der Waals surface area contributed by atoms with E-state index in [2.05, 4.69) is 84.9 Å². The molecule has 4 aromatic carbocycles. The Morgan fingerprint density at radius 3 is 2.03 bits per heavy atom. The van der Waals surface area contributed by atoms with Crippen molar-refractivity contribution in [1.82, 2.24) is 0 Å². The van der Waals surface area contributed by atoms with Crippen LogP contribution in [0.15, 0.2) is 84.9 Å². The van der Waals surface area contributed by atoms with E-state index in [0.717, 1.165) is 30.1 Å². The van der Waals surface area contributed by atoms with Gasteiger partial charge in [0.05, 0.1) is 0 Å². The van der Waals surface area contributed by atoms with Gasteiger partial charge in [-0.05, 0) is 106 Å². The zero-order valence-corrected chi connectivity index (χ0v) is 19.1. The summed E-state index contributed by atoms with van der Waals surface area (Å²) in [5.74, 6) is 3.44. The third-order valence-corrected chi connectivity index (χ3v) is 9.93. The lowest BCUT2D eigenvalue weighted by molar-refractivity contribution is -0.0410. The molecule has 0 amide bonds. The molecule has 0 N–H and O–H groups in total. The van der Waals surface area contributed by atoms with Crippen molar-refractivity contribution >= 4 is 10.8 Å². The zero-order valence-electron chi connectivity index (χ0n) is 19.1. The summed E-state index contributed by atoms with van der Waals surface area (Å²) in [4.78, 5) is 0. The van der Waals surface area contributed by atoms with Crippen LogP contribution in [-0.4, -0.2) is 0 Å². The summed E-state index contributed by atoms with van der Waals surface area (Å²) in [6.07, 6.45) is 8.26. The van der Waals surface area contributed by atoms with Gasteiger partial charge in [-0.15, -0.1) is 0 Å². The first-order chi connectivity index (χ1) is 16.3. The molecule has 0 spiro atoms. The average Bonchev–Trinajstić information content (AvgIpc) is 3.23. The van der Waals surface area contributed by atoms with Gasteiger partial charge >= 0.3 is 0 Å². The number of benzene rings is 4. The van der Waals surface area contributed by atoms with E-state index in [1.807, 2.05) is 0 Å². The first-order valence-electron chi connectivity index (χ1n) is 13.0. The highest BCUT2D eigenvalue weighted by atomic mass is 14.6. The molecule has 0 nitrogen and oxygen atoms in total. The van der Waals surface area contributed by atoms with E-state index in [4.69, 9.17) is 0 Å². The SMILES string of the molecule is c1ccc2c(c1)Cc1cccc(C3(c4cccc5ccccc45)C4CC5CC(C4)CC3C5)c1-2. The van der Waals surface area contributed by atoms with Gasteiger partial charge in [-0.2, -0.15) is 0 Å². The Morgan fingerprint density at radius 2 is 1.18 bits per heavy atom. The Balaban J connectivity index is 1.48. The Hall–Kier alpha value is -2.86. The first-order valence-corrected chi connectivity index (χ1v) is 13.0. The molecule has 4 saturated carbocycles. The number of hydrogen-bond donors (Lipinski definition) is 0. The molecule has 0 aliphatic heterocycles. The van der Waals surface area contributed by atoms with Crippen LogP contribution in [-0.2, 0) is 11.8 Å². The van der Waals surface area contributed by atoms with E-state index in [0.29, 0.717) is 0 Å². The van der Waals surface area contributed by atoms with E-state index >= 15 is 0 Å². The van der Waals surface area contributed by atoms with Crippen molar-refractivity contribution in [3.8, 4) is 11.1 Å². The highest BCUT2D eigenvalue weighted by molar-refractivity contribution is 5.89. The van der Waals surface area contributed by atoms with Gasteiger partial charge in [0.15, 0.2) is 0 Å². The smallest absolute Gasteiger partial charge is 0.0272 e. The minimum Gasteiger partial charge on any atom is -0.0619 e. The van der Waals surface area contributed by atoms with Gasteiger partial charge in [-0.25, -0.2) is 0 Å². The number of hydrogen-bond acceptors (Lipinski definition) is 0. The Kier molecular flexibility index (Phi) is 3.71. The van der Waals surface area contributed by atoms with Gasteiger partial charge in [-0.3, -0.25) is 0 Å². The third kappa shape index (κ3) is 2.37. The summed E-state index contributed by atoms with van der Waals surface area (Å²) in [5, 5.41) is 2.88. The van der Waals surface area contributed by atoms with E-state index in [-0.39, 0.29) is 5.41 Å². The molecule has 33 heavy (non-hydrogen) atoms. The molecule has 162 valence electrons. The molecule has 0 aromatic heterocycles. The minimum absolute atomic E-state index is 0.136. The molecular formula is C33H30. The number of fused-ring (bicyclic) bond motifs is 4. The fourth-order valence-electron chi connectivity index (χ4n) is 9.07. The predicted octanol–water partition coefficient (Wildman–Crippen LogP) is 8.15. The van der Waals surface area contributed by atoms with Gasteiger partial charge in [0, 0.05) is 5.41 Å². The van der Waals surface area contributed by atoms with Crippen LogP contribution >= 0.6 is 0 Å². The van der Waals surface area contributed by atoms with Gasteiger partial charge < -0.3 is 0 Å². The molecule has 4 fully saturated rings. The van der Waals surface area contributed by atoms with Crippen LogP contribution in [0.3, 0.4) is 0 Å². The summed E-state index contributed by atoms with van der Waals surface area (Å²) in [7, 11) is 0. The van der Waals surface area contributed by atoms with Crippen molar-refractivity contribution in [3.05, 3.63) is 107 Å². The molecule has 0 heterocycles. The summed E-state index contributed by atoms with van der Waals surface area (Å²) in [6, 6.07) is 32.8. The van der Waals surface area contributed by atoms with E-state index in [1.165, 1.54) is 54.0 Å². The second kappa shape index (κ2) is 6.60. The average molecular weight is 427 g/mol. The van der Waals surface area contributed by atoms with Crippen molar-refractivity contribution in [2.24, 2.45) is 23.7 Å². The third-order valence-electron chi connectivity index (χ3n) is 9.93. The van der Waals surface area contributed by atoms with Gasteiger partial charge in [0.1, 0.15) is 0 Å². The zero-order chi connectivity index (χ0) is 21.6. The maximum Gasteiger partial charge on any atom is 0.0272 e. The molecule has 0 radical (unpaired) electrons. The van der Waals surface area contributed by atoms with Crippen molar-refractivity contribution in [2.75, 3.05) is 0 Å². The molecule has 5 aliphatic carbocycles. The van der Waals surface area contributed by atoms with Crippen LogP contribution in [0, 0.1) is 23.7 Å². The van der Waals surface area contributed by atoms with Crippen LogP contribution in [0.25, 0.3) is 21.9 Å². The molecule has 5 aliphatic rings. The lowest BCUT2D eigenvalue weighted by atomic mass is 9.41. The van der Waals surface area contributed by atoms with Crippen LogP contribution < -0.4 is 0 Å². The summed E-state index contributed by atoms with van der Waals surface area (Å²) >= 11 is 0. The van der Waals surface area contributed by atoms with Crippen LogP contribution in [0.4, 0.5) is 0 Å². The first kappa shape index (κ1) is 18.6. The van der Waals surface area contributed by atoms with Crippen molar-refractivity contribution in [3.63, 3.8) is 0 Å². The summed E-state index contributed by atoms with van der Waals surface area (Å²) in [6.45, 7) is 0. The van der Waals surface area contributed by atoms with Gasteiger partial charge in [-0.1, -0.05) is 84.9 Å². The molecule has 9 rings (SSSR count). The maximum atomic E-state index is 2.53. The molecule has 0 atom stereocenters. The standard InChI is InChI=1S/C33H30/c1-3-11-28-23(7-1)9-5-13-30(28)33(26-16-21-15-22(18-26)19-27(33)17-21)31-14-6-10-25-20-24-8-2-4-12-29(24)32(25)31/h1-14,21-22,26-27H,15-20H2. The molecule has 0 heteroatoms. The molecular weight excluding hydrogens is 396 g/mol. The van der Waals surface area contributed by atoms with Gasteiger partial charge in [0.25, 0.3) is 0 Å². The fourth-order valence-corrected chi connectivity index (χ4v) is 9.07.